The van der Waals surface area contributed by atoms with Gasteiger partial charge in [-0.3, -0.25) is 9.78 Å². The van der Waals surface area contributed by atoms with Crippen LogP contribution < -0.4 is 16.0 Å². The molecule has 56 heavy (non-hydrogen) atoms. The number of carboxylic acid groups (broad SMARTS) is 2. The molecule has 5 N–H and O–H groups in total. The number of carbonyl (C=O) groups is 3. The molecule has 300 valence electrons. The molecule has 1 fully saturated rings. The van der Waals surface area contributed by atoms with E-state index in [4.69, 9.17) is 31.4 Å². The molecule has 6 bridgehead atoms. The minimum Gasteiger partial charge on any atom is -0.475 e. The number of carbonyl (C=O) groups excluding carboxylic acids is 1. The van der Waals surface area contributed by atoms with Crippen LogP contribution in [0.4, 0.5) is 55.2 Å². The summed E-state index contributed by atoms with van der Waals surface area (Å²) in [6.45, 7) is 0.798. The molecule has 6 rings (SSSR count). The Morgan fingerprint density at radius 2 is 1.48 bits per heavy atom. The van der Waals surface area contributed by atoms with Crippen molar-refractivity contribution in [3.05, 3.63) is 89.3 Å². The molecule has 0 radical (unpaired) electrons. The lowest BCUT2D eigenvalue weighted by atomic mass is 9.94. The number of aryl methyl sites for hydroxylation is 2. The number of hydrogen-bond donors (Lipinski definition) is 5. The predicted octanol–water partition coefficient (Wildman–Crippen LogP) is 6.81. The van der Waals surface area contributed by atoms with Crippen LogP contribution in [0.2, 0.25) is 5.02 Å². The zero-order chi connectivity index (χ0) is 41.3. The molecule has 0 spiro atoms. The molecular weight excluding hydrogens is 800 g/mol. The highest BCUT2D eigenvalue weighted by atomic mass is 35.5. The SMILES string of the molecule is O=C(CC1CCN(S(=O)(=O)c2ccccc2)CC1)Nc1ccc2cc1CCc1cncc(c1)Nc1ncc(Cl)c(n1)N2.O=C(O)C(F)(F)F.O=C(O)C(F)(F)F. The number of hydrogen-bond acceptors (Lipinski definition) is 10. The fourth-order valence-corrected chi connectivity index (χ4v) is 6.94. The monoisotopic (exact) mass is 831 g/mol. The highest BCUT2D eigenvalue weighted by Gasteiger charge is 2.39. The van der Waals surface area contributed by atoms with Gasteiger partial charge in [-0.25, -0.2) is 23.0 Å². The summed E-state index contributed by atoms with van der Waals surface area (Å²) in [6, 6.07) is 16.2. The Balaban J connectivity index is 0.000000425. The van der Waals surface area contributed by atoms with Crippen molar-refractivity contribution in [1.29, 1.82) is 0 Å². The van der Waals surface area contributed by atoms with Crippen LogP contribution in [0.1, 0.15) is 30.4 Å². The van der Waals surface area contributed by atoms with Gasteiger partial charge in [-0.05, 0) is 79.1 Å². The summed E-state index contributed by atoms with van der Waals surface area (Å²) < 4.78 is 90.9. The fourth-order valence-electron chi connectivity index (χ4n) is 5.31. The number of alkyl halides is 6. The quantitative estimate of drug-likeness (QED) is 0.132. The van der Waals surface area contributed by atoms with E-state index in [1.165, 1.54) is 10.5 Å². The van der Waals surface area contributed by atoms with Gasteiger partial charge in [0, 0.05) is 37.1 Å². The van der Waals surface area contributed by atoms with E-state index in [0.717, 1.165) is 28.2 Å². The number of halogens is 7. The molecule has 2 aliphatic heterocycles. The van der Waals surface area contributed by atoms with Crippen LogP contribution in [0, 0.1) is 5.92 Å². The summed E-state index contributed by atoms with van der Waals surface area (Å²) in [5, 5.41) is 24.2. The molecule has 1 saturated heterocycles. The predicted molar refractivity (Wildman–Crippen MR) is 190 cm³/mol. The lowest BCUT2D eigenvalue weighted by molar-refractivity contribution is -0.193. The third-order valence-corrected chi connectivity index (χ3v) is 10.2. The van der Waals surface area contributed by atoms with Crippen molar-refractivity contribution in [1.82, 2.24) is 19.3 Å². The van der Waals surface area contributed by atoms with Crippen molar-refractivity contribution in [3.8, 4) is 0 Å². The number of sulfonamides is 1. The molecule has 0 aliphatic carbocycles. The number of rotatable bonds is 5. The van der Waals surface area contributed by atoms with Crippen molar-refractivity contribution in [3.63, 3.8) is 0 Å². The number of aromatic nitrogens is 3. The number of fused-ring (bicyclic) bond motifs is 6. The van der Waals surface area contributed by atoms with Gasteiger partial charge in [-0.15, -0.1) is 0 Å². The number of piperidine rings is 1. The Hall–Kier alpha value is -5.54. The van der Waals surface area contributed by atoms with Crippen molar-refractivity contribution in [2.45, 2.75) is 49.4 Å². The summed E-state index contributed by atoms with van der Waals surface area (Å²) >= 11 is 6.37. The van der Waals surface area contributed by atoms with Crippen molar-refractivity contribution < 1.29 is 59.4 Å². The van der Waals surface area contributed by atoms with E-state index in [2.05, 4.69) is 30.9 Å². The van der Waals surface area contributed by atoms with Crippen LogP contribution in [0.25, 0.3) is 0 Å². The van der Waals surface area contributed by atoms with Crippen LogP contribution in [-0.2, 0) is 37.2 Å². The maximum Gasteiger partial charge on any atom is 0.490 e. The van der Waals surface area contributed by atoms with Crippen LogP contribution in [0.15, 0.2) is 78.1 Å². The first kappa shape index (κ1) is 43.2. The molecule has 0 unspecified atom stereocenters. The van der Waals surface area contributed by atoms with E-state index < -0.39 is 34.3 Å². The number of nitrogens with zero attached hydrogens (tertiary/aromatic N) is 4. The topological polar surface area (TPSA) is 204 Å². The number of amides is 1. The minimum absolute atomic E-state index is 0.0874. The molecule has 0 atom stereocenters. The lowest BCUT2D eigenvalue weighted by Gasteiger charge is -2.31. The molecule has 1 amide bonds. The maximum atomic E-state index is 13.2. The number of anilines is 5. The Bertz CT molecular complexity index is 2110. The van der Waals surface area contributed by atoms with Crippen LogP contribution in [-0.4, -0.2) is 81.2 Å². The summed E-state index contributed by atoms with van der Waals surface area (Å²) in [6.07, 6.45) is -2.12. The molecular formula is C34H32ClF6N7O7S. The largest absolute Gasteiger partial charge is 0.490 e. The molecule has 2 aromatic carbocycles. The Morgan fingerprint density at radius 1 is 0.857 bits per heavy atom. The van der Waals surface area contributed by atoms with Crippen molar-refractivity contribution in [2.75, 3.05) is 29.0 Å². The summed E-state index contributed by atoms with van der Waals surface area (Å²) in [5.41, 5.74) is 4.27. The Kier molecular flexibility index (Phi) is 14.2. The second kappa shape index (κ2) is 18.4. The normalized spacial score (nSPS) is 14.6. The number of nitrogens with one attached hydrogen (secondary N) is 3. The zero-order valence-corrected chi connectivity index (χ0v) is 30.3. The van der Waals surface area contributed by atoms with E-state index in [1.54, 1.807) is 36.5 Å². The molecule has 14 nitrogen and oxygen atoms in total. The van der Waals surface area contributed by atoms with Gasteiger partial charge in [0.05, 0.1) is 23.0 Å². The van der Waals surface area contributed by atoms with Gasteiger partial charge in [-0.2, -0.15) is 35.6 Å². The Morgan fingerprint density at radius 3 is 2.09 bits per heavy atom. The van der Waals surface area contributed by atoms with Gasteiger partial charge in [-0.1, -0.05) is 29.8 Å². The van der Waals surface area contributed by atoms with Crippen LogP contribution >= 0.6 is 11.6 Å². The number of carboxylic acids is 2. The maximum absolute atomic E-state index is 13.2. The first-order valence-electron chi connectivity index (χ1n) is 16.3. The molecule has 2 aliphatic rings. The molecule has 22 heteroatoms. The first-order valence-corrected chi connectivity index (χ1v) is 18.1. The van der Waals surface area contributed by atoms with Crippen LogP contribution in [0.3, 0.4) is 0 Å². The number of pyridine rings is 1. The number of aliphatic carboxylic acids is 2. The third kappa shape index (κ3) is 12.5. The van der Waals surface area contributed by atoms with E-state index >= 15 is 0 Å². The van der Waals surface area contributed by atoms with E-state index in [9.17, 15) is 39.6 Å². The van der Waals surface area contributed by atoms with Gasteiger partial charge in [0.25, 0.3) is 0 Å². The average Bonchev–Trinajstić information content (AvgIpc) is 3.13. The highest BCUT2D eigenvalue weighted by Crippen LogP contribution is 2.31. The lowest BCUT2D eigenvalue weighted by Crippen LogP contribution is -2.39. The molecule has 2 aromatic heterocycles. The molecule has 0 saturated carbocycles. The van der Waals surface area contributed by atoms with Crippen molar-refractivity contribution >= 4 is 68.3 Å². The van der Waals surface area contributed by atoms with Crippen molar-refractivity contribution in [2.24, 2.45) is 5.92 Å². The van der Waals surface area contributed by atoms with Gasteiger partial charge in [0.1, 0.15) is 5.02 Å². The summed E-state index contributed by atoms with van der Waals surface area (Å²) in [7, 11) is -3.52. The third-order valence-electron chi connectivity index (χ3n) is 8.03. The van der Waals surface area contributed by atoms with E-state index in [0.29, 0.717) is 66.9 Å². The van der Waals surface area contributed by atoms with Gasteiger partial charge < -0.3 is 26.2 Å². The van der Waals surface area contributed by atoms with Gasteiger partial charge in [0.15, 0.2) is 5.82 Å². The standard InChI is InChI=1S/C30H30ClN7O3S.2C2HF3O2/c31-26-19-33-30-35-24-14-21(17-32-18-24)6-7-22-16-23(34-29(26)37-30)8-9-27(22)36-28(39)15-20-10-12-38(13-11-20)42(40,41)25-4-2-1-3-5-25;2*3-2(4,5)1(6)7/h1-5,8-9,14,16-20H,6-7,10-13,15H2,(H,36,39)(H2,33,34,35,37);2*(H,6,7). The Labute approximate surface area is 320 Å². The van der Waals surface area contributed by atoms with Gasteiger partial charge in [0.2, 0.25) is 21.9 Å². The second-order valence-electron chi connectivity index (χ2n) is 12.1. The average molecular weight is 832 g/mol. The van der Waals surface area contributed by atoms with Gasteiger partial charge >= 0.3 is 24.3 Å². The van der Waals surface area contributed by atoms with Crippen LogP contribution in [0.5, 0.6) is 0 Å². The summed E-state index contributed by atoms with van der Waals surface area (Å²) in [5.74, 6) is -4.64. The molecule has 4 heterocycles. The smallest absolute Gasteiger partial charge is 0.475 e. The molecule has 4 aromatic rings. The van der Waals surface area contributed by atoms with E-state index in [1.807, 2.05) is 30.5 Å². The number of benzene rings is 2. The summed E-state index contributed by atoms with van der Waals surface area (Å²) in [4.78, 5) is 44.4. The highest BCUT2D eigenvalue weighted by molar-refractivity contribution is 7.89. The first-order chi connectivity index (χ1) is 26.2. The fraction of sp³-hybridized carbons (Fsp3) is 0.294. The second-order valence-corrected chi connectivity index (χ2v) is 14.5. The zero-order valence-electron chi connectivity index (χ0n) is 28.7. The minimum atomic E-state index is -5.08. The van der Waals surface area contributed by atoms with E-state index in [-0.39, 0.29) is 11.8 Å².